The monoisotopic (exact) mass is 373 g/mol. The molecule has 1 unspecified atom stereocenters. The molecule has 0 spiro atoms. The fourth-order valence-corrected chi connectivity index (χ4v) is 2.44. The quantitative estimate of drug-likeness (QED) is 0.590. The molecule has 5 nitrogen and oxygen atoms in total. The van der Waals surface area contributed by atoms with Crippen LogP contribution in [0.1, 0.15) is 17.4 Å². The van der Waals surface area contributed by atoms with Gasteiger partial charge in [0.1, 0.15) is 0 Å². The first-order chi connectivity index (χ1) is 9.15. The molecular formula is C10H7BrF3NO4S. The molecule has 0 aromatic heterocycles. The number of fused-ring (bicyclic) bond motifs is 1. The number of benzene rings is 1. The van der Waals surface area contributed by atoms with Crippen molar-refractivity contribution in [2.24, 2.45) is 4.99 Å². The predicted molar refractivity (Wildman–Crippen MR) is 66.5 cm³/mol. The van der Waals surface area contributed by atoms with E-state index in [2.05, 4.69) is 25.1 Å². The number of methoxy groups -OCH3 is 1. The van der Waals surface area contributed by atoms with E-state index in [0.29, 0.717) is 10.0 Å². The van der Waals surface area contributed by atoms with E-state index in [-0.39, 0.29) is 11.5 Å². The van der Waals surface area contributed by atoms with Crippen molar-refractivity contribution in [1.82, 2.24) is 0 Å². The van der Waals surface area contributed by atoms with Gasteiger partial charge in [0.25, 0.3) is 0 Å². The Hall–Kier alpha value is -1.13. The van der Waals surface area contributed by atoms with E-state index in [4.69, 9.17) is 4.74 Å². The van der Waals surface area contributed by atoms with Gasteiger partial charge in [-0.1, -0.05) is 22.0 Å². The molecule has 0 bridgehead atoms. The lowest BCUT2D eigenvalue weighted by Gasteiger charge is -2.12. The van der Waals surface area contributed by atoms with E-state index in [0.717, 1.165) is 0 Å². The summed E-state index contributed by atoms with van der Waals surface area (Å²) in [6.45, 7) is 0. The third-order valence-electron chi connectivity index (χ3n) is 2.44. The maximum absolute atomic E-state index is 12.3. The Kier molecular flexibility index (Phi) is 3.82. The zero-order valence-corrected chi connectivity index (χ0v) is 12.2. The highest BCUT2D eigenvalue weighted by molar-refractivity contribution is 9.10. The maximum atomic E-state index is 12.3. The van der Waals surface area contributed by atoms with Crippen LogP contribution in [0.2, 0.25) is 0 Å². The Morgan fingerprint density at radius 2 is 2.00 bits per heavy atom. The van der Waals surface area contributed by atoms with Crippen LogP contribution in [-0.4, -0.2) is 26.9 Å². The number of hydrogen-bond acceptors (Lipinski definition) is 5. The number of rotatable bonds is 2. The van der Waals surface area contributed by atoms with E-state index in [9.17, 15) is 21.6 Å². The second-order valence-corrected chi connectivity index (χ2v) is 6.20. The first-order valence-corrected chi connectivity index (χ1v) is 7.27. The molecule has 10 heteroatoms. The topological polar surface area (TPSA) is 65.0 Å². The molecule has 0 radical (unpaired) electrons. The molecule has 0 fully saturated rings. The number of aliphatic imine (C=N–C) groups is 1. The molecule has 1 atom stereocenters. The van der Waals surface area contributed by atoms with Gasteiger partial charge in [0.05, 0.1) is 7.11 Å². The molecule has 1 aromatic rings. The lowest BCUT2D eigenvalue weighted by molar-refractivity contribution is -0.0571. The fraction of sp³-hybridized carbons (Fsp3) is 0.300. The number of hydrogen-bond donors (Lipinski definition) is 0. The summed E-state index contributed by atoms with van der Waals surface area (Å²) in [5, 5.41) is 0. The lowest BCUT2D eigenvalue weighted by Crippen LogP contribution is -2.26. The molecule has 2 rings (SSSR count). The molecule has 0 saturated carbocycles. The SMILES string of the molecule is COC1=NC(OS(=O)(=O)C(F)(F)F)c2ccc(Br)cc21. The Bertz CT molecular complexity index is 672. The summed E-state index contributed by atoms with van der Waals surface area (Å²) in [6, 6.07) is 4.48. The van der Waals surface area contributed by atoms with Crippen molar-refractivity contribution in [2.75, 3.05) is 7.11 Å². The summed E-state index contributed by atoms with van der Waals surface area (Å²) in [7, 11) is -4.47. The van der Waals surface area contributed by atoms with E-state index in [1.54, 1.807) is 6.07 Å². The first kappa shape index (κ1) is 15.3. The molecule has 0 saturated heterocycles. The normalized spacial score (nSPS) is 18.6. The average molecular weight is 374 g/mol. The van der Waals surface area contributed by atoms with Gasteiger partial charge in [-0.15, -0.1) is 0 Å². The minimum absolute atomic E-state index is 0.00340. The summed E-state index contributed by atoms with van der Waals surface area (Å²) >= 11 is 3.19. The smallest absolute Gasteiger partial charge is 0.481 e. The molecule has 1 aliphatic heterocycles. The van der Waals surface area contributed by atoms with E-state index in [1.807, 2.05) is 0 Å². The van der Waals surface area contributed by atoms with Gasteiger partial charge < -0.3 is 4.74 Å². The van der Waals surface area contributed by atoms with Crippen LogP contribution >= 0.6 is 15.9 Å². The Morgan fingerprint density at radius 3 is 2.55 bits per heavy atom. The Balaban J connectivity index is 2.40. The van der Waals surface area contributed by atoms with Crippen molar-refractivity contribution in [1.29, 1.82) is 0 Å². The molecule has 1 aliphatic rings. The highest BCUT2D eigenvalue weighted by atomic mass is 79.9. The van der Waals surface area contributed by atoms with Crippen LogP contribution in [0.25, 0.3) is 0 Å². The number of ether oxygens (including phenoxy) is 1. The molecule has 110 valence electrons. The minimum atomic E-state index is -5.74. The van der Waals surface area contributed by atoms with Crippen molar-refractivity contribution in [3.8, 4) is 0 Å². The molecule has 0 amide bonds. The Morgan fingerprint density at radius 1 is 1.35 bits per heavy atom. The zero-order chi connectivity index (χ0) is 15.1. The van der Waals surface area contributed by atoms with Crippen molar-refractivity contribution < 1.29 is 30.5 Å². The lowest BCUT2D eigenvalue weighted by atomic mass is 10.1. The van der Waals surface area contributed by atoms with Crippen LogP contribution < -0.4 is 0 Å². The van der Waals surface area contributed by atoms with Crippen molar-refractivity contribution in [3.63, 3.8) is 0 Å². The summed E-state index contributed by atoms with van der Waals surface area (Å²) in [5.41, 5.74) is -4.96. The zero-order valence-electron chi connectivity index (χ0n) is 9.81. The molecule has 0 aliphatic carbocycles. The summed E-state index contributed by atoms with van der Waals surface area (Å²) < 4.78 is 68.6. The van der Waals surface area contributed by atoms with Gasteiger partial charge in [0, 0.05) is 15.6 Å². The largest absolute Gasteiger partial charge is 0.523 e. The number of alkyl halides is 3. The molecule has 0 N–H and O–H groups in total. The van der Waals surface area contributed by atoms with Crippen molar-refractivity contribution in [3.05, 3.63) is 33.8 Å². The van der Waals surface area contributed by atoms with Gasteiger partial charge in [-0.2, -0.15) is 21.6 Å². The summed E-state index contributed by atoms with van der Waals surface area (Å²) in [4.78, 5) is 3.69. The molecule has 1 aromatic carbocycles. The minimum Gasteiger partial charge on any atom is -0.481 e. The predicted octanol–water partition coefficient (Wildman–Crippen LogP) is 2.72. The van der Waals surface area contributed by atoms with Crippen molar-refractivity contribution in [2.45, 2.75) is 11.7 Å². The van der Waals surface area contributed by atoms with Gasteiger partial charge in [-0.3, -0.25) is 0 Å². The van der Waals surface area contributed by atoms with Crippen LogP contribution in [0.4, 0.5) is 13.2 Å². The average Bonchev–Trinajstić information content (AvgIpc) is 2.64. The maximum Gasteiger partial charge on any atom is 0.523 e. The van der Waals surface area contributed by atoms with Crippen LogP contribution in [-0.2, 0) is 19.0 Å². The highest BCUT2D eigenvalue weighted by Gasteiger charge is 2.49. The number of halogens is 4. The fourth-order valence-electron chi connectivity index (χ4n) is 1.59. The third-order valence-corrected chi connectivity index (χ3v) is 3.94. The van der Waals surface area contributed by atoms with E-state index in [1.165, 1.54) is 19.2 Å². The van der Waals surface area contributed by atoms with Gasteiger partial charge in [0.15, 0.2) is 6.23 Å². The van der Waals surface area contributed by atoms with Crippen molar-refractivity contribution >= 4 is 31.9 Å². The highest BCUT2D eigenvalue weighted by Crippen LogP contribution is 2.37. The van der Waals surface area contributed by atoms with Gasteiger partial charge in [-0.25, -0.2) is 9.18 Å². The first-order valence-electron chi connectivity index (χ1n) is 5.07. The van der Waals surface area contributed by atoms with Crippen LogP contribution in [0.3, 0.4) is 0 Å². The second kappa shape index (κ2) is 5.01. The Labute approximate surface area is 120 Å². The third kappa shape index (κ3) is 2.67. The van der Waals surface area contributed by atoms with Gasteiger partial charge in [-0.05, 0) is 12.1 Å². The number of nitrogens with zero attached hydrogens (tertiary/aromatic N) is 1. The molecule has 1 heterocycles. The van der Waals surface area contributed by atoms with Gasteiger partial charge >= 0.3 is 15.6 Å². The second-order valence-electron chi connectivity index (χ2n) is 3.72. The molecular weight excluding hydrogens is 367 g/mol. The summed E-state index contributed by atoms with van der Waals surface area (Å²) in [6.07, 6.45) is -1.61. The molecule has 20 heavy (non-hydrogen) atoms. The van der Waals surface area contributed by atoms with Crippen LogP contribution in [0.15, 0.2) is 27.7 Å². The van der Waals surface area contributed by atoms with Crippen LogP contribution in [0, 0.1) is 0 Å². The summed E-state index contributed by atoms with van der Waals surface area (Å²) in [5.74, 6) is 0.00340. The van der Waals surface area contributed by atoms with E-state index < -0.39 is 21.9 Å². The van der Waals surface area contributed by atoms with Crippen LogP contribution in [0.5, 0.6) is 0 Å². The van der Waals surface area contributed by atoms with E-state index >= 15 is 0 Å². The standard InChI is InChI=1S/C10H7BrF3NO4S/c1-18-8-7-4-5(11)2-3-6(7)9(15-8)19-20(16,17)10(12,13)14/h2-4,9H,1H3. The van der Waals surface area contributed by atoms with Gasteiger partial charge in [0.2, 0.25) is 5.90 Å².